The van der Waals surface area contributed by atoms with Crippen molar-refractivity contribution in [1.29, 1.82) is 0 Å². The number of hydrogen-bond acceptors (Lipinski definition) is 2. The van der Waals surface area contributed by atoms with Gasteiger partial charge in [0.1, 0.15) is 0 Å². The maximum Gasteiger partial charge on any atom is 0.225 e. The molecule has 1 amide bonds. The Morgan fingerprint density at radius 1 is 1.33 bits per heavy atom. The van der Waals surface area contributed by atoms with Gasteiger partial charge in [0.05, 0.1) is 12.5 Å². The van der Waals surface area contributed by atoms with E-state index in [2.05, 4.69) is 26.1 Å². The van der Waals surface area contributed by atoms with Crippen LogP contribution >= 0.6 is 0 Å². The van der Waals surface area contributed by atoms with Crippen molar-refractivity contribution in [1.82, 2.24) is 5.32 Å². The van der Waals surface area contributed by atoms with E-state index in [1.807, 2.05) is 13.8 Å². The van der Waals surface area contributed by atoms with Crippen LogP contribution in [0, 0.1) is 17.3 Å². The molecule has 3 nitrogen and oxygen atoms in total. The van der Waals surface area contributed by atoms with E-state index < -0.39 is 0 Å². The largest absolute Gasteiger partial charge is 0.396 e. The van der Waals surface area contributed by atoms with Crippen molar-refractivity contribution in [2.24, 2.45) is 17.3 Å². The highest BCUT2D eigenvalue weighted by atomic mass is 16.3. The highest BCUT2D eigenvalue weighted by Gasteiger charge is 2.21. The fraction of sp³-hybridized carbons (Fsp3) is 0.917. The molecule has 0 bridgehead atoms. The standard InChI is InChI=1S/C12H25NO2/c1-9(2)10(8-14)11(15)13-7-6-12(3,4)5/h9-10,14H,6-8H2,1-5H3,(H,13,15). The summed E-state index contributed by atoms with van der Waals surface area (Å²) in [5, 5.41) is 11.9. The summed E-state index contributed by atoms with van der Waals surface area (Å²) in [6.45, 7) is 10.9. The first kappa shape index (κ1) is 14.4. The maximum absolute atomic E-state index is 11.6. The van der Waals surface area contributed by atoms with Gasteiger partial charge in [0.15, 0.2) is 0 Å². The Bertz CT molecular complexity index is 194. The second-order valence-corrected chi connectivity index (χ2v) is 5.63. The lowest BCUT2D eigenvalue weighted by molar-refractivity contribution is -0.127. The predicted octanol–water partition coefficient (Wildman–Crippen LogP) is 1.80. The minimum Gasteiger partial charge on any atom is -0.396 e. The van der Waals surface area contributed by atoms with E-state index in [0.29, 0.717) is 6.54 Å². The lowest BCUT2D eigenvalue weighted by atomic mass is 9.92. The van der Waals surface area contributed by atoms with Crippen LogP contribution in [0.15, 0.2) is 0 Å². The summed E-state index contributed by atoms with van der Waals surface area (Å²) in [5.41, 5.74) is 0.236. The topological polar surface area (TPSA) is 49.3 Å². The number of rotatable bonds is 5. The molecular formula is C12H25NO2. The molecule has 0 heterocycles. The van der Waals surface area contributed by atoms with Crippen LogP contribution in [-0.2, 0) is 4.79 Å². The average molecular weight is 215 g/mol. The van der Waals surface area contributed by atoms with Crippen LogP contribution in [-0.4, -0.2) is 24.2 Å². The van der Waals surface area contributed by atoms with Gasteiger partial charge in [0.25, 0.3) is 0 Å². The summed E-state index contributed by atoms with van der Waals surface area (Å²) in [5.74, 6) is -0.119. The van der Waals surface area contributed by atoms with Crippen LogP contribution in [0.1, 0.15) is 41.0 Å². The second-order valence-electron chi connectivity index (χ2n) is 5.63. The summed E-state index contributed by atoms with van der Waals surface area (Å²) in [7, 11) is 0. The third-order valence-corrected chi connectivity index (χ3v) is 2.51. The van der Waals surface area contributed by atoms with E-state index in [1.54, 1.807) is 0 Å². The maximum atomic E-state index is 11.6. The molecule has 0 aromatic rings. The van der Waals surface area contributed by atoms with Crippen molar-refractivity contribution in [2.45, 2.75) is 41.0 Å². The Morgan fingerprint density at radius 3 is 2.20 bits per heavy atom. The van der Waals surface area contributed by atoms with Crippen LogP contribution in [0.4, 0.5) is 0 Å². The molecule has 1 atom stereocenters. The first-order chi connectivity index (χ1) is 6.78. The molecule has 0 aromatic carbocycles. The molecule has 2 N–H and O–H groups in total. The highest BCUT2D eigenvalue weighted by Crippen LogP contribution is 2.17. The Labute approximate surface area is 93.3 Å². The number of carbonyl (C=O) groups is 1. The van der Waals surface area contributed by atoms with E-state index >= 15 is 0 Å². The van der Waals surface area contributed by atoms with Crippen LogP contribution in [0.3, 0.4) is 0 Å². The number of amides is 1. The van der Waals surface area contributed by atoms with Gasteiger partial charge in [-0.05, 0) is 17.8 Å². The first-order valence-corrected chi connectivity index (χ1v) is 5.66. The van der Waals surface area contributed by atoms with Crippen molar-refractivity contribution in [3.8, 4) is 0 Å². The molecule has 0 radical (unpaired) electrons. The number of aliphatic hydroxyl groups is 1. The van der Waals surface area contributed by atoms with Gasteiger partial charge in [-0.25, -0.2) is 0 Å². The van der Waals surface area contributed by atoms with Gasteiger partial charge in [0.2, 0.25) is 5.91 Å². The van der Waals surface area contributed by atoms with Crippen LogP contribution in [0.5, 0.6) is 0 Å². The van der Waals surface area contributed by atoms with Crippen molar-refractivity contribution < 1.29 is 9.90 Å². The third-order valence-electron chi connectivity index (χ3n) is 2.51. The Kier molecular flexibility index (Phi) is 5.88. The second kappa shape index (κ2) is 6.11. The van der Waals surface area contributed by atoms with Crippen molar-refractivity contribution in [3.05, 3.63) is 0 Å². The van der Waals surface area contributed by atoms with Crippen LogP contribution < -0.4 is 5.32 Å². The summed E-state index contributed by atoms with van der Waals surface area (Å²) in [4.78, 5) is 11.6. The lowest BCUT2D eigenvalue weighted by Crippen LogP contribution is -2.37. The molecule has 1 unspecified atom stereocenters. The molecule has 3 heteroatoms. The number of hydrogen-bond donors (Lipinski definition) is 2. The highest BCUT2D eigenvalue weighted by molar-refractivity contribution is 5.78. The summed E-state index contributed by atoms with van der Waals surface area (Å²) >= 11 is 0. The smallest absolute Gasteiger partial charge is 0.225 e. The lowest BCUT2D eigenvalue weighted by Gasteiger charge is -2.21. The van der Waals surface area contributed by atoms with Gasteiger partial charge < -0.3 is 10.4 Å². The molecule has 0 spiro atoms. The van der Waals surface area contributed by atoms with Gasteiger partial charge in [0, 0.05) is 6.54 Å². The van der Waals surface area contributed by atoms with Gasteiger partial charge >= 0.3 is 0 Å². The van der Waals surface area contributed by atoms with Gasteiger partial charge in [-0.2, -0.15) is 0 Å². The molecule has 0 saturated carbocycles. The molecular weight excluding hydrogens is 190 g/mol. The average Bonchev–Trinajstić information content (AvgIpc) is 2.01. The zero-order chi connectivity index (χ0) is 12.1. The zero-order valence-corrected chi connectivity index (χ0v) is 10.6. The van der Waals surface area contributed by atoms with E-state index in [9.17, 15) is 4.79 Å². The molecule has 0 saturated heterocycles. The van der Waals surface area contributed by atoms with Gasteiger partial charge in [-0.1, -0.05) is 34.6 Å². The van der Waals surface area contributed by atoms with E-state index in [-0.39, 0.29) is 29.8 Å². The molecule has 0 fully saturated rings. The quantitative estimate of drug-likeness (QED) is 0.734. The molecule has 0 aliphatic rings. The third kappa shape index (κ3) is 6.50. The molecule has 0 rings (SSSR count). The summed E-state index contributed by atoms with van der Waals surface area (Å²) in [6, 6.07) is 0. The molecule has 0 aliphatic heterocycles. The first-order valence-electron chi connectivity index (χ1n) is 5.66. The minimum atomic E-state index is -0.273. The zero-order valence-electron chi connectivity index (χ0n) is 10.6. The number of nitrogens with one attached hydrogen (secondary N) is 1. The Morgan fingerprint density at radius 2 is 1.87 bits per heavy atom. The SMILES string of the molecule is CC(C)C(CO)C(=O)NCCC(C)(C)C. The number of carbonyl (C=O) groups excluding carboxylic acids is 1. The van der Waals surface area contributed by atoms with E-state index in [4.69, 9.17) is 5.11 Å². The van der Waals surface area contributed by atoms with Gasteiger partial charge in [-0.15, -0.1) is 0 Å². The molecule has 15 heavy (non-hydrogen) atoms. The molecule has 90 valence electrons. The summed E-state index contributed by atoms with van der Waals surface area (Å²) in [6.07, 6.45) is 0.953. The van der Waals surface area contributed by atoms with Gasteiger partial charge in [-0.3, -0.25) is 4.79 Å². The van der Waals surface area contributed by atoms with Crippen molar-refractivity contribution in [3.63, 3.8) is 0 Å². The molecule has 0 aromatic heterocycles. The Hall–Kier alpha value is -0.570. The van der Waals surface area contributed by atoms with Crippen molar-refractivity contribution >= 4 is 5.91 Å². The monoisotopic (exact) mass is 215 g/mol. The minimum absolute atomic E-state index is 0.0308. The number of aliphatic hydroxyl groups excluding tert-OH is 1. The van der Waals surface area contributed by atoms with E-state index in [1.165, 1.54) is 0 Å². The fourth-order valence-electron chi connectivity index (χ4n) is 1.29. The summed E-state index contributed by atoms with van der Waals surface area (Å²) < 4.78 is 0. The van der Waals surface area contributed by atoms with Crippen LogP contribution in [0.25, 0.3) is 0 Å². The Balaban J connectivity index is 3.92. The normalized spacial score (nSPS) is 14.1. The molecule has 0 aliphatic carbocycles. The predicted molar refractivity (Wildman–Crippen MR) is 62.5 cm³/mol. The fourth-order valence-corrected chi connectivity index (χ4v) is 1.29. The van der Waals surface area contributed by atoms with E-state index in [0.717, 1.165) is 6.42 Å². The van der Waals surface area contributed by atoms with Crippen molar-refractivity contribution in [2.75, 3.05) is 13.2 Å². The van der Waals surface area contributed by atoms with Crippen LogP contribution in [0.2, 0.25) is 0 Å².